The highest BCUT2D eigenvalue weighted by Gasteiger charge is 2.26. The lowest BCUT2D eigenvalue weighted by Gasteiger charge is -2.16. The number of anilines is 1. The molecule has 3 rings (SSSR count). The summed E-state index contributed by atoms with van der Waals surface area (Å²) >= 11 is 0. The van der Waals surface area contributed by atoms with Crippen LogP contribution in [0.3, 0.4) is 0 Å². The van der Waals surface area contributed by atoms with Crippen LogP contribution in [0, 0.1) is 6.92 Å². The maximum atomic E-state index is 12.5. The smallest absolute Gasteiger partial charge is 0.251 e. The first-order valence-corrected chi connectivity index (χ1v) is 10.7. The lowest BCUT2D eigenvalue weighted by atomic mass is 10.1. The van der Waals surface area contributed by atoms with Crippen LogP contribution in [-0.2, 0) is 22.9 Å². The van der Waals surface area contributed by atoms with Crippen molar-refractivity contribution in [1.82, 2.24) is 5.32 Å². The van der Waals surface area contributed by atoms with Crippen LogP contribution in [-0.4, -0.2) is 40.8 Å². The Morgan fingerprint density at radius 3 is 2.70 bits per heavy atom. The van der Waals surface area contributed by atoms with E-state index in [0.717, 1.165) is 22.4 Å². The first-order valence-electron chi connectivity index (χ1n) is 8.82. The molecule has 1 N–H and O–H groups in total. The van der Waals surface area contributed by atoms with E-state index in [-0.39, 0.29) is 5.91 Å². The van der Waals surface area contributed by atoms with Crippen molar-refractivity contribution in [3.63, 3.8) is 0 Å². The van der Waals surface area contributed by atoms with E-state index in [1.165, 1.54) is 10.6 Å². The fourth-order valence-corrected chi connectivity index (χ4v) is 4.33. The van der Waals surface area contributed by atoms with Gasteiger partial charge in [0.15, 0.2) is 0 Å². The number of aryl methyl sites for hydroxylation is 1. The second-order valence-electron chi connectivity index (χ2n) is 6.75. The molecule has 0 spiro atoms. The summed E-state index contributed by atoms with van der Waals surface area (Å²) < 4.78 is 30.4. The van der Waals surface area contributed by atoms with Crippen LogP contribution >= 0.6 is 0 Å². The SMILES string of the molecule is COc1ccc(C)cc1CCNC(=O)c1ccc2c(c1)CCN2S(C)(=O)=O. The summed E-state index contributed by atoms with van der Waals surface area (Å²) in [6.45, 7) is 2.93. The molecule has 0 fully saturated rings. The number of methoxy groups -OCH3 is 1. The summed E-state index contributed by atoms with van der Waals surface area (Å²) in [6.07, 6.45) is 2.48. The zero-order chi connectivity index (χ0) is 19.6. The Labute approximate surface area is 160 Å². The molecule has 144 valence electrons. The predicted octanol–water partition coefficient (Wildman–Crippen LogP) is 2.30. The standard InChI is InChI=1S/C20H24N2O4S/c1-14-4-7-19(26-2)16(12-14)8-10-21-20(23)17-5-6-18-15(13-17)9-11-22(18)27(3,24)25/h4-7,12-13H,8-11H2,1-3H3,(H,21,23). The maximum absolute atomic E-state index is 12.5. The number of nitrogens with one attached hydrogen (secondary N) is 1. The second kappa shape index (κ2) is 7.60. The van der Waals surface area contributed by atoms with Crippen molar-refractivity contribution in [2.24, 2.45) is 0 Å². The average Bonchev–Trinajstić information content (AvgIpc) is 3.05. The van der Waals surface area contributed by atoms with Gasteiger partial charge in [0.25, 0.3) is 5.91 Å². The van der Waals surface area contributed by atoms with Crippen molar-refractivity contribution >= 4 is 21.6 Å². The third-order valence-electron chi connectivity index (χ3n) is 4.71. The van der Waals surface area contributed by atoms with Gasteiger partial charge in [-0.15, -0.1) is 0 Å². The van der Waals surface area contributed by atoms with Crippen LogP contribution < -0.4 is 14.4 Å². The van der Waals surface area contributed by atoms with Gasteiger partial charge in [0, 0.05) is 18.7 Å². The Bertz CT molecular complexity index is 970. The zero-order valence-corrected chi connectivity index (χ0v) is 16.6. The minimum absolute atomic E-state index is 0.165. The summed E-state index contributed by atoms with van der Waals surface area (Å²) in [5.41, 5.74) is 4.29. The zero-order valence-electron chi connectivity index (χ0n) is 15.8. The van der Waals surface area contributed by atoms with E-state index >= 15 is 0 Å². The molecular weight excluding hydrogens is 364 g/mol. The van der Waals surface area contributed by atoms with Gasteiger partial charge in [0.1, 0.15) is 5.75 Å². The molecule has 2 aromatic rings. The quantitative estimate of drug-likeness (QED) is 0.824. The van der Waals surface area contributed by atoms with Crippen molar-refractivity contribution in [3.8, 4) is 5.75 Å². The number of hydrogen-bond acceptors (Lipinski definition) is 4. The third-order valence-corrected chi connectivity index (χ3v) is 5.89. The van der Waals surface area contributed by atoms with E-state index in [1.807, 2.05) is 19.1 Å². The molecule has 1 aliphatic rings. The largest absolute Gasteiger partial charge is 0.496 e. The number of rotatable bonds is 6. The highest BCUT2D eigenvalue weighted by molar-refractivity contribution is 7.92. The number of sulfonamides is 1. The molecule has 0 atom stereocenters. The van der Waals surface area contributed by atoms with E-state index in [0.29, 0.717) is 37.2 Å². The fraction of sp³-hybridized carbons (Fsp3) is 0.350. The van der Waals surface area contributed by atoms with Crippen LogP contribution in [0.2, 0.25) is 0 Å². The lowest BCUT2D eigenvalue weighted by Crippen LogP contribution is -2.27. The molecule has 0 saturated carbocycles. The van der Waals surface area contributed by atoms with Crippen molar-refractivity contribution in [1.29, 1.82) is 0 Å². The number of benzene rings is 2. The van der Waals surface area contributed by atoms with Gasteiger partial charge in [-0.1, -0.05) is 17.7 Å². The molecule has 7 heteroatoms. The Kier molecular flexibility index (Phi) is 5.41. The molecule has 0 saturated heterocycles. The van der Waals surface area contributed by atoms with Crippen LogP contribution in [0.25, 0.3) is 0 Å². The Hall–Kier alpha value is -2.54. The molecule has 0 radical (unpaired) electrons. The summed E-state index contributed by atoms with van der Waals surface area (Å²) in [5, 5.41) is 2.92. The van der Waals surface area contributed by atoms with Gasteiger partial charge >= 0.3 is 0 Å². The van der Waals surface area contributed by atoms with Gasteiger partial charge in [0.05, 0.1) is 19.1 Å². The molecule has 0 aromatic heterocycles. The minimum Gasteiger partial charge on any atom is -0.496 e. The van der Waals surface area contributed by atoms with Crippen LogP contribution in [0.1, 0.15) is 27.0 Å². The van der Waals surface area contributed by atoms with E-state index in [9.17, 15) is 13.2 Å². The molecule has 0 aliphatic carbocycles. The third kappa shape index (κ3) is 4.24. The Morgan fingerprint density at radius 2 is 2.00 bits per heavy atom. The highest BCUT2D eigenvalue weighted by Crippen LogP contribution is 2.30. The van der Waals surface area contributed by atoms with Gasteiger partial charge in [-0.2, -0.15) is 0 Å². The van der Waals surface area contributed by atoms with Crippen LogP contribution in [0.15, 0.2) is 36.4 Å². The van der Waals surface area contributed by atoms with E-state index in [1.54, 1.807) is 25.3 Å². The summed E-state index contributed by atoms with van der Waals surface area (Å²) in [6, 6.07) is 11.1. The molecule has 1 aliphatic heterocycles. The molecule has 6 nitrogen and oxygen atoms in total. The van der Waals surface area contributed by atoms with Gasteiger partial charge in [-0.3, -0.25) is 9.10 Å². The first-order chi connectivity index (χ1) is 12.8. The maximum Gasteiger partial charge on any atom is 0.251 e. The minimum atomic E-state index is -3.28. The molecule has 0 unspecified atom stereocenters. The van der Waals surface area contributed by atoms with Crippen molar-refractivity contribution in [2.45, 2.75) is 19.8 Å². The number of amides is 1. The number of carbonyl (C=O) groups excluding carboxylic acids is 1. The second-order valence-corrected chi connectivity index (χ2v) is 8.66. The Morgan fingerprint density at radius 1 is 1.22 bits per heavy atom. The Balaban J connectivity index is 1.65. The van der Waals surface area contributed by atoms with Gasteiger partial charge in [-0.25, -0.2) is 8.42 Å². The van der Waals surface area contributed by atoms with Gasteiger partial charge < -0.3 is 10.1 Å². The van der Waals surface area contributed by atoms with E-state index < -0.39 is 10.0 Å². The van der Waals surface area contributed by atoms with E-state index in [2.05, 4.69) is 11.4 Å². The molecule has 1 amide bonds. The normalized spacial score (nSPS) is 13.4. The molecule has 27 heavy (non-hydrogen) atoms. The molecule has 1 heterocycles. The summed E-state index contributed by atoms with van der Waals surface area (Å²) in [7, 11) is -1.65. The van der Waals surface area contributed by atoms with Gasteiger partial charge in [0.2, 0.25) is 10.0 Å². The van der Waals surface area contributed by atoms with E-state index in [4.69, 9.17) is 4.74 Å². The molecule has 2 aromatic carbocycles. The van der Waals surface area contributed by atoms with Crippen molar-refractivity contribution in [2.75, 3.05) is 30.8 Å². The van der Waals surface area contributed by atoms with Crippen molar-refractivity contribution < 1.29 is 17.9 Å². The number of nitrogens with zero attached hydrogens (tertiary/aromatic N) is 1. The number of fused-ring (bicyclic) bond motifs is 1. The van der Waals surface area contributed by atoms with Crippen LogP contribution in [0.5, 0.6) is 5.75 Å². The summed E-state index contributed by atoms with van der Waals surface area (Å²) in [5.74, 6) is 0.649. The van der Waals surface area contributed by atoms with Crippen LogP contribution in [0.4, 0.5) is 5.69 Å². The summed E-state index contributed by atoms with van der Waals surface area (Å²) in [4.78, 5) is 12.5. The molecule has 0 bridgehead atoms. The number of carbonyl (C=O) groups is 1. The number of ether oxygens (including phenoxy) is 1. The topological polar surface area (TPSA) is 75.7 Å². The first kappa shape index (κ1) is 19.2. The van der Waals surface area contributed by atoms with Crippen molar-refractivity contribution in [3.05, 3.63) is 58.7 Å². The fourth-order valence-electron chi connectivity index (χ4n) is 3.37. The predicted molar refractivity (Wildman–Crippen MR) is 106 cm³/mol. The van der Waals surface area contributed by atoms with Gasteiger partial charge in [-0.05, 0) is 55.2 Å². The lowest BCUT2D eigenvalue weighted by molar-refractivity contribution is 0.0954. The monoisotopic (exact) mass is 388 g/mol. The highest BCUT2D eigenvalue weighted by atomic mass is 32.2. The molecular formula is C20H24N2O4S. The number of hydrogen-bond donors (Lipinski definition) is 1. The average molecular weight is 388 g/mol.